The van der Waals surface area contributed by atoms with Gasteiger partial charge in [0.2, 0.25) is 0 Å². The molecule has 0 fully saturated rings. The highest BCUT2D eigenvalue weighted by Gasteiger charge is 2.16. The molecule has 0 spiro atoms. The summed E-state index contributed by atoms with van der Waals surface area (Å²) in [7, 11) is 0. The summed E-state index contributed by atoms with van der Waals surface area (Å²) >= 11 is 1.50. The smallest absolute Gasteiger partial charge is 0.340 e. The van der Waals surface area contributed by atoms with Crippen molar-refractivity contribution in [1.82, 2.24) is 0 Å². The predicted molar refractivity (Wildman–Crippen MR) is 76.2 cm³/mol. The highest BCUT2D eigenvalue weighted by Crippen LogP contribution is 2.30. The largest absolute Gasteiger partial charge is 0.493 e. The maximum Gasteiger partial charge on any atom is 0.340 e. The molecule has 106 valence electrons. The van der Waals surface area contributed by atoms with Gasteiger partial charge >= 0.3 is 5.97 Å². The minimum absolute atomic E-state index is 0.184. The molecule has 19 heavy (non-hydrogen) atoms. The van der Waals surface area contributed by atoms with Gasteiger partial charge in [-0.1, -0.05) is 13.0 Å². The van der Waals surface area contributed by atoms with Gasteiger partial charge in [-0.3, -0.25) is 0 Å². The molecule has 0 aliphatic heterocycles. The topological polar surface area (TPSA) is 66.8 Å². The van der Waals surface area contributed by atoms with Gasteiger partial charge in [0, 0.05) is 11.5 Å². The minimum atomic E-state index is -0.957. The molecular formula is C14H20O4S. The lowest BCUT2D eigenvalue weighted by molar-refractivity contribution is 0.0688. The molecule has 2 N–H and O–H groups in total. The molecule has 0 amide bonds. The molecule has 0 saturated carbocycles. The van der Waals surface area contributed by atoms with Crippen molar-refractivity contribution in [2.24, 2.45) is 0 Å². The van der Waals surface area contributed by atoms with Gasteiger partial charge in [-0.05, 0) is 37.1 Å². The maximum atomic E-state index is 11.3. The molecule has 0 unspecified atom stereocenters. The molecule has 1 aromatic carbocycles. The number of ether oxygens (including phenoxy) is 1. The summed E-state index contributed by atoms with van der Waals surface area (Å²) in [5, 5.41) is 18.0. The number of thioether (sulfide) groups is 1. The van der Waals surface area contributed by atoms with Gasteiger partial charge in [-0.15, -0.1) is 11.8 Å². The summed E-state index contributed by atoms with van der Waals surface area (Å²) in [4.78, 5) is 12.1. The van der Waals surface area contributed by atoms with Gasteiger partial charge in [-0.25, -0.2) is 4.79 Å². The van der Waals surface area contributed by atoms with E-state index in [9.17, 15) is 9.90 Å². The number of benzene rings is 1. The van der Waals surface area contributed by atoms with Crippen molar-refractivity contribution in [2.75, 3.05) is 19.0 Å². The molecular weight excluding hydrogens is 264 g/mol. The first-order valence-corrected chi connectivity index (χ1v) is 7.42. The van der Waals surface area contributed by atoms with Crippen LogP contribution >= 0.6 is 11.8 Å². The lowest BCUT2D eigenvalue weighted by Crippen LogP contribution is -2.06. The zero-order valence-corrected chi connectivity index (χ0v) is 11.9. The van der Waals surface area contributed by atoms with Crippen LogP contribution < -0.4 is 4.74 Å². The fourth-order valence-electron chi connectivity index (χ4n) is 1.69. The van der Waals surface area contributed by atoms with Crippen LogP contribution in [0.3, 0.4) is 0 Å². The summed E-state index contributed by atoms with van der Waals surface area (Å²) in [6, 6.07) is 5.30. The SMILES string of the molecule is CCSc1cccc(OCCCCCO)c1C(=O)O. The third kappa shape index (κ3) is 5.12. The Hall–Kier alpha value is -1.20. The van der Waals surface area contributed by atoms with Crippen molar-refractivity contribution in [3.8, 4) is 5.75 Å². The Bertz CT molecular complexity index is 406. The Balaban J connectivity index is 2.70. The Labute approximate surface area is 117 Å². The number of unbranched alkanes of at least 4 members (excludes halogenated alkanes) is 2. The standard InChI is InChI=1S/C14H20O4S/c1-2-19-12-8-6-7-11(13(12)14(16)17)18-10-5-3-4-9-15/h6-8,15H,2-5,9-10H2,1H3,(H,16,17). The summed E-state index contributed by atoms with van der Waals surface area (Å²) in [5.41, 5.74) is 0.247. The van der Waals surface area contributed by atoms with Crippen LogP contribution in [0.25, 0.3) is 0 Å². The monoisotopic (exact) mass is 284 g/mol. The summed E-state index contributed by atoms with van der Waals surface area (Å²) < 4.78 is 5.56. The Morgan fingerprint density at radius 3 is 2.74 bits per heavy atom. The first-order valence-electron chi connectivity index (χ1n) is 6.43. The van der Waals surface area contributed by atoms with Crippen molar-refractivity contribution in [2.45, 2.75) is 31.1 Å². The van der Waals surface area contributed by atoms with E-state index in [1.807, 2.05) is 13.0 Å². The van der Waals surface area contributed by atoms with Crippen molar-refractivity contribution < 1.29 is 19.7 Å². The molecule has 0 heterocycles. The van der Waals surface area contributed by atoms with E-state index in [4.69, 9.17) is 9.84 Å². The molecule has 0 aromatic heterocycles. The molecule has 0 atom stereocenters. The summed E-state index contributed by atoms with van der Waals surface area (Å²) in [5.74, 6) is 0.289. The number of carbonyl (C=O) groups is 1. The van der Waals surface area contributed by atoms with Crippen molar-refractivity contribution >= 4 is 17.7 Å². The number of rotatable bonds is 9. The average Bonchev–Trinajstić information content (AvgIpc) is 2.38. The number of hydrogen-bond donors (Lipinski definition) is 2. The van der Waals surface area contributed by atoms with E-state index in [0.29, 0.717) is 12.4 Å². The van der Waals surface area contributed by atoms with E-state index >= 15 is 0 Å². The number of hydrogen-bond acceptors (Lipinski definition) is 4. The van der Waals surface area contributed by atoms with Gasteiger partial charge in [0.1, 0.15) is 11.3 Å². The lowest BCUT2D eigenvalue weighted by atomic mass is 10.2. The first-order chi connectivity index (χ1) is 9.20. The predicted octanol–water partition coefficient (Wildman–Crippen LogP) is 3.04. The Morgan fingerprint density at radius 2 is 2.11 bits per heavy atom. The number of carboxylic acids is 1. The van der Waals surface area contributed by atoms with Crippen molar-refractivity contribution in [3.63, 3.8) is 0 Å². The van der Waals surface area contributed by atoms with Crippen molar-refractivity contribution in [1.29, 1.82) is 0 Å². The maximum absolute atomic E-state index is 11.3. The van der Waals surface area contributed by atoms with E-state index in [0.717, 1.165) is 29.9 Å². The molecule has 0 aliphatic rings. The van der Waals surface area contributed by atoms with E-state index in [2.05, 4.69) is 0 Å². The second kappa shape index (κ2) is 8.82. The summed E-state index contributed by atoms with van der Waals surface area (Å²) in [6.07, 6.45) is 2.44. The highest BCUT2D eigenvalue weighted by atomic mass is 32.2. The van der Waals surface area contributed by atoms with E-state index in [-0.39, 0.29) is 12.2 Å². The van der Waals surface area contributed by atoms with E-state index in [1.54, 1.807) is 12.1 Å². The fourth-order valence-corrected chi connectivity index (χ4v) is 2.51. The minimum Gasteiger partial charge on any atom is -0.493 e. The molecule has 0 bridgehead atoms. The normalized spacial score (nSPS) is 10.4. The molecule has 0 radical (unpaired) electrons. The molecule has 4 nitrogen and oxygen atoms in total. The van der Waals surface area contributed by atoms with Crippen LogP contribution in [0.15, 0.2) is 23.1 Å². The molecule has 0 aliphatic carbocycles. The number of aliphatic hydroxyl groups excluding tert-OH is 1. The molecule has 5 heteroatoms. The van der Waals surface area contributed by atoms with Gasteiger partial charge in [0.15, 0.2) is 0 Å². The summed E-state index contributed by atoms with van der Waals surface area (Å²) in [6.45, 7) is 2.64. The van der Waals surface area contributed by atoms with Crippen LogP contribution in [0.5, 0.6) is 5.75 Å². The zero-order valence-electron chi connectivity index (χ0n) is 11.1. The van der Waals surface area contributed by atoms with Crippen LogP contribution in [-0.4, -0.2) is 35.1 Å². The second-order valence-electron chi connectivity index (χ2n) is 4.00. The van der Waals surface area contributed by atoms with Crippen LogP contribution in [0.2, 0.25) is 0 Å². The Kier molecular flexibility index (Phi) is 7.36. The van der Waals surface area contributed by atoms with E-state index < -0.39 is 5.97 Å². The molecule has 1 aromatic rings. The number of aliphatic hydroxyl groups is 1. The van der Waals surface area contributed by atoms with Gasteiger partial charge in [0.25, 0.3) is 0 Å². The van der Waals surface area contributed by atoms with Crippen LogP contribution in [0.4, 0.5) is 0 Å². The van der Waals surface area contributed by atoms with Crippen LogP contribution in [-0.2, 0) is 0 Å². The van der Waals surface area contributed by atoms with Crippen LogP contribution in [0.1, 0.15) is 36.5 Å². The van der Waals surface area contributed by atoms with Crippen molar-refractivity contribution in [3.05, 3.63) is 23.8 Å². The van der Waals surface area contributed by atoms with E-state index in [1.165, 1.54) is 11.8 Å². The zero-order chi connectivity index (χ0) is 14.1. The Morgan fingerprint density at radius 1 is 1.32 bits per heavy atom. The average molecular weight is 284 g/mol. The number of carboxylic acid groups (broad SMARTS) is 1. The lowest BCUT2D eigenvalue weighted by Gasteiger charge is -2.12. The highest BCUT2D eigenvalue weighted by molar-refractivity contribution is 7.99. The quantitative estimate of drug-likeness (QED) is 0.539. The third-order valence-electron chi connectivity index (χ3n) is 2.56. The first kappa shape index (κ1) is 15.9. The fraction of sp³-hybridized carbons (Fsp3) is 0.500. The second-order valence-corrected chi connectivity index (χ2v) is 5.31. The van der Waals surface area contributed by atoms with Gasteiger partial charge in [-0.2, -0.15) is 0 Å². The van der Waals surface area contributed by atoms with Gasteiger partial charge in [0.05, 0.1) is 6.61 Å². The van der Waals surface area contributed by atoms with Gasteiger partial charge < -0.3 is 14.9 Å². The third-order valence-corrected chi connectivity index (χ3v) is 3.50. The molecule has 0 saturated heterocycles. The molecule has 1 rings (SSSR count). The van der Waals surface area contributed by atoms with Crippen LogP contribution in [0, 0.1) is 0 Å². The number of aromatic carboxylic acids is 1.